The number of benzene rings is 1. The summed E-state index contributed by atoms with van der Waals surface area (Å²) in [6.45, 7) is 5.86. The number of aliphatic hydroxyl groups is 1. The Balaban J connectivity index is 1.52. The molecular weight excluding hydrogens is 578 g/mol. The molecule has 5 aliphatic carbocycles. The van der Waals surface area contributed by atoms with E-state index in [2.05, 4.69) is 11.8 Å². The number of methoxy groups -OCH3 is 5. The Morgan fingerprint density at radius 2 is 1.69 bits per heavy atom. The van der Waals surface area contributed by atoms with E-state index in [1.54, 1.807) is 59.8 Å². The molecule has 7 rings (SSSR count). The van der Waals surface area contributed by atoms with Gasteiger partial charge in [-0.1, -0.05) is 6.92 Å². The predicted molar refractivity (Wildman–Crippen MR) is 163 cm³/mol. The maximum absolute atomic E-state index is 14.8. The number of fused-ring (bicyclic) bond motifs is 2. The second-order valence-corrected chi connectivity index (χ2v) is 14.6. The van der Waals surface area contributed by atoms with Crippen LogP contribution in [0.1, 0.15) is 49.9 Å². The molecule has 1 heterocycles. The van der Waals surface area contributed by atoms with Gasteiger partial charge in [0.15, 0.2) is 5.78 Å². The number of carbonyl (C=O) groups is 2. The average molecular weight is 628 g/mol. The molecule has 13 atom stereocenters. The van der Waals surface area contributed by atoms with Crippen LogP contribution in [0.3, 0.4) is 0 Å². The van der Waals surface area contributed by atoms with Crippen LogP contribution in [0.2, 0.25) is 0 Å². The molecule has 1 saturated heterocycles. The highest BCUT2D eigenvalue weighted by Gasteiger charge is 2.89. The topological polar surface area (TPSA) is 113 Å². The van der Waals surface area contributed by atoms with Gasteiger partial charge >= 0.3 is 5.97 Å². The predicted octanol–water partition coefficient (Wildman–Crippen LogP) is 2.99. The quantitative estimate of drug-likeness (QED) is 0.307. The lowest BCUT2D eigenvalue weighted by molar-refractivity contribution is -0.277. The lowest BCUT2D eigenvalue weighted by atomic mass is 9.42. The molecule has 1 aromatic rings. The fourth-order valence-electron chi connectivity index (χ4n) is 12.7. The molecule has 0 aromatic heterocycles. The van der Waals surface area contributed by atoms with Crippen molar-refractivity contribution in [3.63, 3.8) is 0 Å². The van der Waals surface area contributed by atoms with Gasteiger partial charge in [-0.25, -0.2) is 0 Å². The Morgan fingerprint density at radius 3 is 2.27 bits per heavy atom. The maximum atomic E-state index is 14.8. The van der Waals surface area contributed by atoms with E-state index in [0.717, 1.165) is 25.9 Å². The van der Waals surface area contributed by atoms with Crippen LogP contribution < -0.4 is 4.74 Å². The minimum Gasteiger partial charge on any atom is -0.497 e. The third-order valence-electron chi connectivity index (χ3n) is 13.5. The molecule has 6 aliphatic rings. The molecule has 45 heavy (non-hydrogen) atoms. The average Bonchev–Trinajstić information content (AvgIpc) is 3.43. The molecule has 1 aliphatic heterocycles. The number of hydrogen-bond donors (Lipinski definition) is 1. The number of likely N-dealkylation sites (tertiary alicyclic amines) is 1. The van der Waals surface area contributed by atoms with Crippen molar-refractivity contribution in [2.45, 2.75) is 75.1 Å². The van der Waals surface area contributed by atoms with Crippen molar-refractivity contribution in [2.75, 3.05) is 55.2 Å². The van der Waals surface area contributed by atoms with Crippen LogP contribution >= 0.6 is 0 Å². The molecule has 0 unspecified atom stereocenters. The van der Waals surface area contributed by atoms with Gasteiger partial charge in [0.2, 0.25) is 0 Å². The molecule has 7 bridgehead atoms. The van der Waals surface area contributed by atoms with Crippen molar-refractivity contribution in [3.8, 4) is 5.75 Å². The van der Waals surface area contributed by atoms with Crippen molar-refractivity contribution >= 4 is 11.8 Å². The van der Waals surface area contributed by atoms with Crippen molar-refractivity contribution in [1.29, 1.82) is 0 Å². The number of ether oxygens (including phenoxy) is 6. The second kappa shape index (κ2) is 10.7. The summed E-state index contributed by atoms with van der Waals surface area (Å²) in [5.74, 6) is -1.66. The van der Waals surface area contributed by atoms with Gasteiger partial charge in [0.25, 0.3) is 0 Å². The Labute approximate surface area is 266 Å². The normalized spacial score (nSPS) is 47.4. The molecule has 1 spiro atoms. The number of piperidine rings is 1. The Kier molecular flexibility index (Phi) is 7.51. The van der Waals surface area contributed by atoms with E-state index in [-0.39, 0.29) is 47.2 Å². The number of esters is 1. The lowest BCUT2D eigenvalue weighted by Crippen LogP contribution is -2.77. The minimum absolute atomic E-state index is 0.0227. The van der Waals surface area contributed by atoms with Crippen molar-refractivity contribution in [1.82, 2.24) is 4.90 Å². The van der Waals surface area contributed by atoms with Crippen LogP contribution in [0.5, 0.6) is 5.75 Å². The zero-order valence-electron chi connectivity index (χ0n) is 27.6. The standard InChI is InChI=1S/C35H49NO9/c1-8-36-17-32(18-40-3)14-13-23(42-5)35-22-15-33(39)24(43-6)16-34(45-19(2)37,27(31(35)36)29(44-7)30(32)35)25(22)26(33)28(38)20-9-11-21(41-4)12-10-20/h9-12,22-27,29-31,39H,8,13-18H2,1-7H3/t22-,23+,24-,25-,26-,27+,29+,30+,31-,32-,33-,34+,35+/m1/s1. The molecule has 248 valence electrons. The summed E-state index contributed by atoms with van der Waals surface area (Å²) in [5, 5.41) is 12.9. The van der Waals surface area contributed by atoms with E-state index in [0.29, 0.717) is 30.8 Å². The number of nitrogens with zero attached hydrogens (tertiary/aromatic N) is 1. The van der Waals surface area contributed by atoms with E-state index >= 15 is 0 Å². The van der Waals surface area contributed by atoms with Crippen LogP contribution in [0.25, 0.3) is 0 Å². The van der Waals surface area contributed by atoms with Crippen LogP contribution in [0.4, 0.5) is 0 Å². The fraction of sp³-hybridized carbons (Fsp3) is 0.771. The third kappa shape index (κ3) is 3.72. The van der Waals surface area contributed by atoms with E-state index < -0.39 is 40.5 Å². The van der Waals surface area contributed by atoms with E-state index in [4.69, 9.17) is 28.4 Å². The first-order valence-electron chi connectivity index (χ1n) is 16.5. The smallest absolute Gasteiger partial charge is 0.303 e. The minimum atomic E-state index is -1.46. The summed E-state index contributed by atoms with van der Waals surface area (Å²) in [6.07, 6.45) is 1.28. The van der Waals surface area contributed by atoms with E-state index in [9.17, 15) is 14.7 Å². The monoisotopic (exact) mass is 627 g/mol. The first-order valence-corrected chi connectivity index (χ1v) is 16.5. The van der Waals surface area contributed by atoms with Crippen LogP contribution in [-0.4, -0.2) is 113 Å². The number of rotatable bonds is 10. The molecule has 5 saturated carbocycles. The van der Waals surface area contributed by atoms with Gasteiger partial charge < -0.3 is 33.5 Å². The summed E-state index contributed by atoms with van der Waals surface area (Å²) >= 11 is 0. The highest BCUT2D eigenvalue weighted by atomic mass is 16.6. The third-order valence-corrected chi connectivity index (χ3v) is 13.5. The molecule has 0 radical (unpaired) electrons. The Bertz CT molecular complexity index is 1340. The molecular formula is C35H49NO9. The summed E-state index contributed by atoms with van der Waals surface area (Å²) in [5.41, 5.74) is -2.76. The Morgan fingerprint density at radius 1 is 0.978 bits per heavy atom. The summed E-state index contributed by atoms with van der Waals surface area (Å²) in [6, 6.07) is 7.02. The second-order valence-electron chi connectivity index (χ2n) is 14.6. The fourth-order valence-corrected chi connectivity index (χ4v) is 12.7. The molecule has 1 aromatic carbocycles. The molecule has 6 fully saturated rings. The molecule has 10 nitrogen and oxygen atoms in total. The number of Topliss-reactive ketones (excluding diaryl/α,β-unsaturated/α-hetero) is 1. The van der Waals surface area contributed by atoms with Crippen LogP contribution in [0, 0.1) is 40.4 Å². The SMILES string of the molecule is CCN1C[C@@]2(COC)CC[C@H](OC)[C@@]34[C@@H]5C[C@@]6(O)[C@H](OC)C[C@](OC(C)=O)([C@H]5[C@@H]6C(=O)c5ccc(OC)cc5)[C@@H]([C@H](OC)[C@@H]23)[C@@H]14. The zero-order valence-corrected chi connectivity index (χ0v) is 27.6. The summed E-state index contributed by atoms with van der Waals surface area (Å²) in [7, 11) is 8.52. The van der Waals surface area contributed by atoms with Gasteiger partial charge in [0, 0.05) is 88.5 Å². The van der Waals surface area contributed by atoms with Crippen molar-refractivity contribution in [3.05, 3.63) is 29.8 Å². The van der Waals surface area contributed by atoms with Crippen molar-refractivity contribution < 1.29 is 43.1 Å². The van der Waals surface area contributed by atoms with Crippen molar-refractivity contribution in [2.24, 2.45) is 40.4 Å². The van der Waals surface area contributed by atoms with Crippen LogP contribution in [0.15, 0.2) is 24.3 Å². The summed E-state index contributed by atoms with van der Waals surface area (Å²) < 4.78 is 37.3. The maximum Gasteiger partial charge on any atom is 0.303 e. The van der Waals surface area contributed by atoms with Gasteiger partial charge in [-0.05, 0) is 56.0 Å². The van der Waals surface area contributed by atoms with E-state index in [1.807, 2.05) is 0 Å². The number of ketones is 1. The Hall–Kier alpha value is -2.08. The van der Waals surface area contributed by atoms with E-state index in [1.165, 1.54) is 6.92 Å². The molecule has 0 amide bonds. The molecule has 10 heteroatoms. The van der Waals surface area contributed by atoms with Crippen LogP contribution in [-0.2, 0) is 28.5 Å². The zero-order chi connectivity index (χ0) is 32.1. The molecule has 1 N–H and O–H groups in total. The largest absolute Gasteiger partial charge is 0.497 e. The number of carbonyl (C=O) groups excluding carboxylic acids is 2. The summed E-state index contributed by atoms with van der Waals surface area (Å²) in [4.78, 5) is 30.7. The lowest BCUT2D eigenvalue weighted by Gasteiger charge is -2.69. The highest BCUT2D eigenvalue weighted by molar-refractivity contribution is 5.99. The van der Waals surface area contributed by atoms with Gasteiger partial charge in [-0.3, -0.25) is 14.5 Å². The highest BCUT2D eigenvalue weighted by Crippen LogP contribution is 2.81. The first kappa shape index (κ1) is 31.5. The first-order chi connectivity index (χ1) is 21.6. The van der Waals surface area contributed by atoms with Gasteiger partial charge in [-0.2, -0.15) is 0 Å². The number of hydrogen-bond acceptors (Lipinski definition) is 10. The van der Waals surface area contributed by atoms with Gasteiger partial charge in [0.1, 0.15) is 17.0 Å². The van der Waals surface area contributed by atoms with Gasteiger partial charge in [0.05, 0.1) is 37.9 Å². The van der Waals surface area contributed by atoms with Gasteiger partial charge in [-0.15, -0.1) is 0 Å².